The Bertz CT molecular complexity index is 282. The van der Waals surface area contributed by atoms with Crippen LogP contribution >= 0.6 is 11.6 Å². The summed E-state index contributed by atoms with van der Waals surface area (Å²) in [7, 11) is 1.86. The van der Waals surface area contributed by atoms with Gasteiger partial charge in [0.15, 0.2) is 0 Å². The van der Waals surface area contributed by atoms with E-state index >= 15 is 0 Å². The topological polar surface area (TPSA) is 43.8 Å². The number of nitrogens with zero attached hydrogens (tertiary/aromatic N) is 2. The summed E-state index contributed by atoms with van der Waals surface area (Å²) in [6.07, 6.45) is 1.63. The first-order chi connectivity index (χ1) is 5.87. The Kier molecular flexibility index (Phi) is 2.68. The molecule has 1 aromatic rings. The normalized spacial score (nSPS) is 16.2. The van der Waals surface area contributed by atoms with E-state index in [1.807, 2.05) is 14.0 Å². The van der Waals surface area contributed by atoms with Crippen molar-refractivity contribution in [3.05, 3.63) is 16.9 Å². The molecule has 0 bridgehead atoms. The first-order valence-corrected chi connectivity index (χ1v) is 4.72. The van der Waals surface area contributed by atoms with Gasteiger partial charge in [-0.3, -0.25) is 4.68 Å². The van der Waals surface area contributed by atoms with E-state index in [-0.39, 0.29) is 0 Å². The minimum atomic E-state index is -0.428. The van der Waals surface area contributed by atoms with Gasteiger partial charge < -0.3 is 5.73 Å². The number of hydrogen-bond donors (Lipinski definition) is 1. The molecule has 1 aromatic heterocycles. The molecule has 0 aromatic carbocycles. The minimum absolute atomic E-state index is 0.320. The Morgan fingerprint density at radius 1 is 1.62 bits per heavy atom. The molecule has 1 unspecified atom stereocenters. The van der Waals surface area contributed by atoms with E-state index in [1.165, 1.54) is 0 Å². The van der Waals surface area contributed by atoms with Crippen molar-refractivity contribution >= 4 is 11.6 Å². The van der Waals surface area contributed by atoms with Crippen molar-refractivity contribution in [1.29, 1.82) is 0 Å². The van der Waals surface area contributed by atoms with Crippen LogP contribution in [-0.2, 0) is 12.6 Å². The maximum absolute atomic E-state index is 6.18. The molecule has 0 fully saturated rings. The van der Waals surface area contributed by atoms with Crippen LogP contribution in [0.2, 0.25) is 5.02 Å². The van der Waals surface area contributed by atoms with Crippen LogP contribution in [0.1, 0.15) is 26.5 Å². The number of hydrogen-bond acceptors (Lipinski definition) is 2. The Hall–Kier alpha value is -0.540. The van der Waals surface area contributed by atoms with Crippen LogP contribution in [0.5, 0.6) is 0 Å². The van der Waals surface area contributed by atoms with Gasteiger partial charge in [0.05, 0.1) is 22.5 Å². The lowest BCUT2D eigenvalue weighted by Gasteiger charge is -2.29. The van der Waals surface area contributed by atoms with E-state index in [1.54, 1.807) is 10.9 Å². The van der Waals surface area contributed by atoms with Crippen LogP contribution in [0.25, 0.3) is 0 Å². The molecular formula is C9H16ClN3. The molecule has 0 amide bonds. The van der Waals surface area contributed by atoms with Crippen molar-refractivity contribution in [2.45, 2.75) is 26.3 Å². The first-order valence-electron chi connectivity index (χ1n) is 4.34. The molecule has 3 nitrogen and oxygen atoms in total. The zero-order valence-corrected chi connectivity index (χ0v) is 9.26. The Morgan fingerprint density at radius 3 is 2.46 bits per heavy atom. The van der Waals surface area contributed by atoms with E-state index < -0.39 is 5.54 Å². The molecule has 13 heavy (non-hydrogen) atoms. The predicted molar refractivity (Wildman–Crippen MR) is 54.6 cm³/mol. The largest absolute Gasteiger partial charge is 0.320 e. The van der Waals surface area contributed by atoms with Gasteiger partial charge in [-0.05, 0) is 12.8 Å². The van der Waals surface area contributed by atoms with Crippen molar-refractivity contribution in [2.75, 3.05) is 0 Å². The molecule has 0 radical (unpaired) electrons. The maximum Gasteiger partial charge on any atom is 0.0836 e. The molecule has 0 aliphatic rings. The third-order valence-electron chi connectivity index (χ3n) is 2.60. The summed E-state index contributed by atoms with van der Waals surface area (Å²) in [5.74, 6) is 0.320. The molecule has 0 saturated heterocycles. The molecule has 0 aliphatic heterocycles. The quantitative estimate of drug-likeness (QED) is 0.795. The van der Waals surface area contributed by atoms with Gasteiger partial charge in [0, 0.05) is 7.05 Å². The molecule has 1 rings (SSSR count). The lowest BCUT2D eigenvalue weighted by Crippen LogP contribution is -2.40. The van der Waals surface area contributed by atoms with Crippen molar-refractivity contribution in [1.82, 2.24) is 9.78 Å². The molecule has 1 heterocycles. The smallest absolute Gasteiger partial charge is 0.0836 e. The number of halogens is 1. The molecule has 74 valence electrons. The number of nitrogens with two attached hydrogens (primary N) is 1. The SMILES string of the molecule is CC(C)C(C)(N)c1c(Cl)cnn1C. The van der Waals surface area contributed by atoms with E-state index in [9.17, 15) is 0 Å². The monoisotopic (exact) mass is 201 g/mol. The van der Waals surface area contributed by atoms with Gasteiger partial charge in [-0.15, -0.1) is 0 Å². The summed E-state index contributed by atoms with van der Waals surface area (Å²) in [4.78, 5) is 0. The zero-order valence-electron chi connectivity index (χ0n) is 8.50. The summed E-state index contributed by atoms with van der Waals surface area (Å²) >= 11 is 6.01. The average Bonchev–Trinajstić information content (AvgIpc) is 2.30. The molecule has 0 saturated carbocycles. The van der Waals surface area contributed by atoms with Gasteiger partial charge >= 0.3 is 0 Å². The highest BCUT2D eigenvalue weighted by molar-refractivity contribution is 6.31. The Morgan fingerprint density at radius 2 is 2.15 bits per heavy atom. The Balaban J connectivity index is 3.20. The van der Waals surface area contributed by atoms with Crippen LogP contribution in [0.3, 0.4) is 0 Å². The van der Waals surface area contributed by atoms with Gasteiger partial charge in [0.2, 0.25) is 0 Å². The number of rotatable bonds is 2. The zero-order chi connectivity index (χ0) is 10.2. The van der Waals surface area contributed by atoms with E-state index in [0.29, 0.717) is 10.9 Å². The number of aromatic nitrogens is 2. The lowest BCUT2D eigenvalue weighted by molar-refractivity contribution is 0.328. The van der Waals surface area contributed by atoms with E-state index in [4.69, 9.17) is 17.3 Å². The van der Waals surface area contributed by atoms with Crippen molar-refractivity contribution in [2.24, 2.45) is 18.7 Å². The highest BCUT2D eigenvalue weighted by atomic mass is 35.5. The van der Waals surface area contributed by atoms with Crippen molar-refractivity contribution in [3.8, 4) is 0 Å². The lowest BCUT2D eigenvalue weighted by atomic mass is 9.86. The third-order valence-corrected chi connectivity index (χ3v) is 2.88. The van der Waals surface area contributed by atoms with Gasteiger partial charge in [-0.2, -0.15) is 5.10 Å². The Labute approximate surface area is 83.9 Å². The van der Waals surface area contributed by atoms with Crippen LogP contribution in [-0.4, -0.2) is 9.78 Å². The van der Waals surface area contributed by atoms with Gasteiger partial charge in [0.1, 0.15) is 0 Å². The van der Waals surface area contributed by atoms with E-state index in [2.05, 4.69) is 18.9 Å². The fourth-order valence-corrected chi connectivity index (χ4v) is 1.66. The van der Waals surface area contributed by atoms with Crippen LogP contribution < -0.4 is 5.73 Å². The second-order valence-corrected chi connectivity index (χ2v) is 4.31. The molecule has 0 spiro atoms. The third kappa shape index (κ3) is 1.71. The summed E-state index contributed by atoms with van der Waals surface area (Å²) < 4.78 is 1.74. The van der Waals surface area contributed by atoms with Gasteiger partial charge in [0.25, 0.3) is 0 Å². The van der Waals surface area contributed by atoms with Crippen molar-refractivity contribution in [3.63, 3.8) is 0 Å². The number of aryl methyl sites for hydroxylation is 1. The van der Waals surface area contributed by atoms with Crippen LogP contribution in [0, 0.1) is 5.92 Å². The van der Waals surface area contributed by atoms with Gasteiger partial charge in [-0.1, -0.05) is 25.4 Å². The molecule has 0 aliphatic carbocycles. The van der Waals surface area contributed by atoms with Gasteiger partial charge in [-0.25, -0.2) is 0 Å². The average molecular weight is 202 g/mol. The summed E-state index contributed by atoms with van der Waals surface area (Å²) in [6, 6.07) is 0. The fraction of sp³-hybridized carbons (Fsp3) is 0.667. The van der Waals surface area contributed by atoms with Crippen LogP contribution in [0.15, 0.2) is 6.20 Å². The van der Waals surface area contributed by atoms with E-state index in [0.717, 1.165) is 5.69 Å². The predicted octanol–water partition coefficient (Wildman–Crippen LogP) is 1.90. The summed E-state index contributed by atoms with van der Waals surface area (Å²) in [5, 5.41) is 4.71. The van der Waals surface area contributed by atoms with Crippen LogP contribution in [0.4, 0.5) is 0 Å². The molecular weight excluding hydrogens is 186 g/mol. The van der Waals surface area contributed by atoms with Crippen molar-refractivity contribution < 1.29 is 0 Å². The molecule has 2 N–H and O–H groups in total. The second-order valence-electron chi connectivity index (χ2n) is 3.90. The maximum atomic E-state index is 6.18. The highest BCUT2D eigenvalue weighted by Crippen LogP contribution is 2.30. The fourth-order valence-electron chi connectivity index (χ4n) is 1.29. The second kappa shape index (κ2) is 3.31. The highest BCUT2D eigenvalue weighted by Gasteiger charge is 2.30. The minimum Gasteiger partial charge on any atom is -0.320 e. The summed E-state index contributed by atoms with van der Waals surface area (Å²) in [5.41, 5.74) is 6.65. The molecule has 1 atom stereocenters. The first kappa shape index (κ1) is 10.5. The summed E-state index contributed by atoms with van der Waals surface area (Å²) in [6.45, 7) is 6.12. The molecule has 4 heteroatoms. The standard InChI is InChI=1S/C9H16ClN3/c1-6(2)9(3,11)8-7(10)5-12-13(8)4/h5-6H,11H2,1-4H3.